The molecular weight excluding hydrogens is 402 g/mol. The van der Waals surface area contributed by atoms with Gasteiger partial charge in [0.05, 0.1) is 39.8 Å². The van der Waals surface area contributed by atoms with Gasteiger partial charge in [0.2, 0.25) is 11.8 Å². The fourth-order valence-corrected chi connectivity index (χ4v) is 4.81. The molecule has 30 heavy (non-hydrogen) atoms. The van der Waals surface area contributed by atoms with Crippen LogP contribution in [0.15, 0.2) is 71.8 Å². The summed E-state index contributed by atoms with van der Waals surface area (Å²) in [5.74, 6) is -0.216. The van der Waals surface area contributed by atoms with Gasteiger partial charge < -0.3 is 9.84 Å². The summed E-state index contributed by atoms with van der Waals surface area (Å²) >= 11 is 0. The summed E-state index contributed by atoms with van der Waals surface area (Å²) in [7, 11) is -4.11. The Morgan fingerprint density at radius 2 is 1.90 bits per heavy atom. The highest BCUT2D eigenvalue weighted by atomic mass is 32.2. The zero-order valence-corrected chi connectivity index (χ0v) is 16.8. The number of fused-ring (bicyclic) bond motifs is 1. The molecule has 0 spiro atoms. The van der Waals surface area contributed by atoms with E-state index in [1.165, 1.54) is 24.3 Å². The van der Waals surface area contributed by atoms with Crippen molar-refractivity contribution in [3.05, 3.63) is 72.4 Å². The van der Waals surface area contributed by atoms with E-state index in [0.717, 1.165) is 3.97 Å². The number of nitriles is 1. The van der Waals surface area contributed by atoms with Gasteiger partial charge in [0.1, 0.15) is 0 Å². The lowest BCUT2D eigenvalue weighted by Gasteiger charge is -2.10. The van der Waals surface area contributed by atoms with Crippen molar-refractivity contribution in [1.82, 2.24) is 8.96 Å². The van der Waals surface area contributed by atoms with E-state index >= 15 is 0 Å². The van der Waals surface area contributed by atoms with Crippen LogP contribution in [-0.4, -0.2) is 29.1 Å². The third-order valence-electron chi connectivity index (χ3n) is 4.63. The van der Waals surface area contributed by atoms with Crippen LogP contribution in [0.1, 0.15) is 12.5 Å². The SMILES string of the molecule is CCOc1ncccc1-c1c(O)n(S(=O)(=O)c2ccccc2)c2ccc(C#N)cc12. The number of rotatable bonds is 5. The van der Waals surface area contributed by atoms with Crippen molar-refractivity contribution >= 4 is 20.9 Å². The fourth-order valence-electron chi connectivity index (χ4n) is 3.36. The zero-order chi connectivity index (χ0) is 21.3. The van der Waals surface area contributed by atoms with Gasteiger partial charge >= 0.3 is 0 Å². The van der Waals surface area contributed by atoms with Crippen LogP contribution in [0.25, 0.3) is 22.0 Å². The molecule has 2 aromatic heterocycles. The second kappa shape index (κ2) is 7.54. The highest BCUT2D eigenvalue weighted by Gasteiger charge is 2.29. The third-order valence-corrected chi connectivity index (χ3v) is 6.35. The summed E-state index contributed by atoms with van der Waals surface area (Å²) < 4.78 is 33.2. The van der Waals surface area contributed by atoms with Gasteiger partial charge in [-0.2, -0.15) is 5.26 Å². The predicted octanol–water partition coefficient (Wildman–Crippen LogP) is 3.92. The molecule has 0 bridgehead atoms. The van der Waals surface area contributed by atoms with Crippen LogP contribution in [0.2, 0.25) is 0 Å². The Balaban J connectivity index is 2.11. The summed E-state index contributed by atoms with van der Waals surface area (Å²) in [6, 6.07) is 17.8. The summed E-state index contributed by atoms with van der Waals surface area (Å²) in [6.45, 7) is 2.14. The Hall–Kier alpha value is -3.83. The van der Waals surface area contributed by atoms with Crippen LogP contribution in [0, 0.1) is 11.3 Å². The van der Waals surface area contributed by atoms with Gasteiger partial charge in [-0.05, 0) is 49.4 Å². The molecule has 0 fully saturated rings. The third kappa shape index (κ3) is 3.06. The molecule has 7 nitrogen and oxygen atoms in total. The molecule has 1 N–H and O–H groups in total. The number of hydrogen-bond donors (Lipinski definition) is 1. The molecule has 0 saturated heterocycles. The average molecular weight is 419 g/mol. The Bertz CT molecular complexity index is 1390. The molecule has 0 unspecified atom stereocenters. The topological polar surface area (TPSA) is 105 Å². The number of aromatic nitrogens is 2. The van der Waals surface area contributed by atoms with Gasteiger partial charge in [0.25, 0.3) is 10.0 Å². The number of aromatic hydroxyl groups is 1. The second-order valence-corrected chi connectivity index (χ2v) is 8.20. The first-order chi connectivity index (χ1) is 14.5. The van der Waals surface area contributed by atoms with Crippen molar-refractivity contribution in [2.45, 2.75) is 11.8 Å². The van der Waals surface area contributed by atoms with E-state index in [1.807, 2.05) is 6.07 Å². The first kappa shape index (κ1) is 19.5. The molecule has 4 rings (SSSR count). The van der Waals surface area contributed by atoms with Crippen molar-refractivity contribution in [3.63, 3.8) is 0 Å². The number of benzene rings is 2. The first-order valence-corrected chi connectivity index (χ1v) is 10.6. The van der Waals surface area contributed by atoms with Gasteiger partial charge in [-0.25, -0.2) is 17.4 Å². The molecule has 0 aliphatic carbocycles. The molecule has 0 aliphatic rings. The number of ether oxygens (including phenoxy) is 1. The lowest BCUT2D eigenvalue weighted by atomic mass is 10.0. The quantitative estimate of drug-likeness (QED) is 0.526. The van der Waals surface area contributed by atoms with E-state index < -0.39 is 15.9 Å². The first-order valence-electron chi connectivity index (χ1n) is 9.15. The predicted molar refractivity (Wildman–Crippen MR) is 112 cm³/mol. The Kier molecular flexibility index (Phi) is 4.90. The summed E-state index contributed by atoms with van der Waals surface area (Å²) in [6.07, 6.45) is 1.55. The summed E-state index contributed by atoms with van der Waals surface area (Å²) in [5.41, 5.74) is 1.24. The van der Waals surface area contributed by atoms with E-state index in [9.17, 15) is 18.8 Å². The molecule has 0 saturated carbocycles. The standard InChI is InChI=1S/C22H17N3O4S/c1-2-29-21-17(9-6-12-24-21)20-18-13-15(14-23)10-11-19(18)25(22(20)26)30(27,28)16-7-4-3-5-8-16/h3-13,26H,2H2,1H3. The molecular formula is C22H17N3O4S. The molecule has 0 radical (unpaired) electrons. The lowest BCUT2D eigenvalue weighted by molar-refractivity contribution is 0.328. The van der Waals surface area contributed by atoms with Crippen LogP contribution in [0.5, 0.6) is 11.8 Å². The van der Waals surface area contributed by atoms with Crippen LogP contribution < -0.4 is 4.74 Å². The number of nitrogens with zero attached hydrogens (tertiary/aromatic N) is 3. The van der Waals surface area contributed by atoms with Gasteiger partial charge in [-0.1, -0.05) is 18.2 Å². The van der Waals surface area contributed by atoms with Crippen LogP contribution in [0.3, 0.4) is 0 Å². The largest absolute Gasteiger partial charge is 0.493 e. The maximum absolute atomic E-state index is 13.4. The van der Waals surface area contributed by atoms with E-state index in [4.69, 9.17) is 4.74 Å². The minimum atomic E-state index is -4.11. The van der Waals surface area contributed by atoms with E-state index in [0.29, 0.717) is 23.1 Å². The Morgan fingerprint density at radius 1 is 1.13 bits per heavy atom. The van der Waals surface area contributed by atoms with Crippen molar-refractivity contribution in [2.75, 3.05) is 6.61 Å². The van der Waals surface area contributed by atoms with Crippen molar-refractivity contribution in [2.24, 2.45) is 0 Å². The molecule has 0 aliphatic heterocycles. The minimum Gasteiger partial charge on any atom is -0.493 e. The molecule has 8 heteroatoms. The van der Waals surface area contributed by atoms with Crippen molar-refractivity contribution < 1.29 is 18.3 Å². The van der Waals surface area contributed by atoms with E-state index in [-0.39, 0.29) is 21.9 Å². The van der Waals surface area contributed by atoms with E-state index in [1.54, 1.807) is 49.5 Å². The Morgan fingerprint density at radius 3 is 2.60 bits per heavy atom. The van der Waals surface area contributed by atoms with Gasteiger partial charge in [0, 0.05) is 11.6 Å². The highest BCUT2D eigenvalue weighted by Crippen LogP contribution is 2.44. The molecule has 2 heterocycles. The molecule has 4 aromatic rings. The highest BCUT2D eigenvalue weighted by molar-refractivity contribution is 7.90. The van der Waals surface area contributed by atoms with Crippen LogP contribution in [0.4, 0.5) is 0 Å². The summed E-state index contributed by atoms with van der Waals surface area (Å²) in [4.78, 5) is 4.24. The zero-order valence-electron chi connectivity index (χ0n) is 16.0. The number of hydrogen-bond acceptors (Lipinski definition) is 6. The summed E-state index contributed by atoms with van der Waals surface area (Å²) in [5, 5.41) is 20.9. The molecule has 150 valence electrons. The average Bonchev–Trinajstić information content (AvgIpc) is 3.06. The van der Waals surface area contributed by atoms with Gasteiger partial charge in [-0.15, -0.1) is 0 Å². The van der Waals surface area contributed by atoms with E-state index in [2.05, 4.69) is 4.98 Å². The van der Waals surface area contributed by atoms with Crippen LogP contribution >= 0.6 is 0 Å². The lowest BCUT2D eigenvalue weighted by Crippen LogP contribution is -2.12. The van der Waals surface area contributed by atoms with Crippen LogP contribution in [-0.2, 0) is 10.0 Å². The van der Waals surface area contributed by atoms with Crippen molar-refractivity contribution in [1.29, 1.82) is 5.26 Å². The Labute approximate surface area is 173 Å². The number of pyridine rings is 1. The monoisotopic (exact) mass is 419 g/mol. The minimum absolute atomic E-state index is 0.0318. The van der Waals surface area contributed by atoms with Crippen molar-refractivity contribution in [3.8, 4) is 29.0 Å². The van der Waals surface area contributed by atoms with Gasteiger partial charge in [-0.3, -0.25) is 0 Å². The smallest absolute Gasteiger partial charge is 0.271 e. The normalized spacial score (nSPS) is 11.3. The maximum Gasteiger partial charge on any atom is 0.271 e. The fraction of sp³-hybridized carbons (Fsp3) is 0.0909. The second-order valence-electron chi connectivity index (χ2n) is 6.41. The molecule has 0 atom stereocenters. The molecule has 2 aromatic carbocycles. The van der Waals surface area contributed by atoms with Gasteiger partial charge in [0.15, 0.2) is 0 Å². The maximum atomic E-state index is 13.4. The molecule has 0 amide bonds.